The molecule has 0 aromatic carbocycles. The van der Waals surface area contributed by atoms with Gasteiger partial charge in [0.15, 0.2) is 5.76 Å². The van der Waals surface area contributed by atoms with E-state index in [0.717, 1.165) is 22.4 Å². The molecule has 0 radical (unpaired) electrons. The van der Waals surface area contributed by atoms with Crippen LogP contribution in [0.1, 0.15) is 16.8 Å². The highest BCUT2D eigenvalue weighted by atomic mass is 16.5. The van der Waals surface area contributed by atoms with Crippen molar-refractivity contribution in [1.29, 1.82) is 0 Å². The number of aromatic nitrogens is 4. The molecule has 4 aromatic rings. The van der Waals surface area contributed by atoms with Crippen molar-refractivity contribution in [3.05, 3.63) is 77.9 Å². The molecule has 0 unspecified atom stereocenters. The maximum absolute atomic E-state index is 5.88. The van der Waals surface area contributed by atoms with Crippen LogP contribution in [0.3, 0.4) is 0 Å². The van der Waals surface area contributed by atoms with Crippen LogP contribution in [-0.4, -0.2) is 27.2 Å². The van der Waals surface area contributed by atoms with E-state index in [1.807, 2.05) is 36.4 Å². The van der Waals surface area contributed by atoms with E-state index in [1.54, 1.807) is 31.8 Å². The molecule has 0 spiro atoms. The normalized spacial score (nSPS) is 10.7. The molecule has 8 heteroatoms. The molecule has 146 valence electrons. The minimum atomic E-state index is 0.379. The van der Waals surface area contributed by atoms with Crippen LogP contribution < -0.4 is 15.2 Å². The molecule has 0 bridgehead atoms. The molecular formula is C21H19N5O3. The number of methoxy groups -OCH3 is 1. The first kappa shape index (κ1) is 18.4. The van der Waals surface area contributed by atoms with E-state index < -0.39 is 0 Å². The second kappa shape index (κ2) is 8.39. The average molecular weight is 389 g/mol. The third-order valence-electron chi connectivity index (χ3n) is 4.24. The number of ether oxygens (including phenoxy) is 2. The van der Waals surface area contributed by atoms with E-state index in [9.17, 15) is 0 Å². The van der Waals surface area contributed by atoms with Crippen molar-refractivity contribution in [3.8, 4) is 23.1 Å². The number of nitrogens with two attached hydrogens (primary N) is 1. The van der Waals surface area contributed by atoms with Crippen molar-refractivity contribution < 1.29 is 14.0 Å². The zero-order valence-electron chi connectivity index (χ0n) is 15.8. The van der Waals surface area contributed by atoms with Gasteiger partial charge in [-0.15, -0.1) is 0 Å². The molecule has 0 saturated carbocycles. The van der Waals surface area contributed by atoms with Gasteiger partial charge in [0.1, 0.15) is 12.4 Å². The maximum Gasteiger partial charge on any atom is 0.213 e. The lowest BCUT2D eigenvalue weighted by atomic mass is 10.1. The van der Waals surface area contributed by atoms with Crippen LogP contribution in [0.15, 0.2) is 65.6 Å². The molecule has 0 fully saturated rings. The number of anilines is 1. The van der Waals surface area contributed by atoms with Crippen LogP contribution in [0.25, 0.3) is 11.3 Å². The topological polar surface area (TPSA) is 109 Å². The second-order valence-electron chi connectivity index (χ2n) is 6.30. The Balaban J connectivity index is 1.38. The third-order valence-corrected chi connectivity index (χ3v) is 4.24. The summed E-state index contributed by atoms with van der Waals surface area (Å²) in [5.74, 6) is 2.08. The van der Waals surface area contributed by atoms with Gasteiger partial charge in [-0.25, -0.2) is 15.0 Å². The van der Waals surface area contributed by atoms with E-state index in [0.29, 0.717) is 36.4 Å². The molecule has 0 saturated heterocycles. The predicted molar refractivity (Wildman–Crippen MR) is 106 cm³/mol. The fourth-order valence-corrected chi connectivity index (χ4v) is 2.77. The predicted octanol–water partition coefficient (Wildman–Crippen LogP) is 3.29. The highest BCUT2D eigenvalue weighted by Crippen LogP contribution is 2.25. The summed E-state index contributed by atoms with van der Waals surface area (Å²) in [6.07, 6.45) is 5.66. The highest BCUT2D eigenvalue weighted by Gasteiger charge is 2.11. The fourth-order valence-electron chi connectivity index (χ4n) is 2.77. The summed E-state index contributed by atoms with van der Waals surface area (Å²) >= 11 is 0. The van der Waals surface area contributed by atoms with Gasteiger partial charge in [-0.1, -0.05) is 11.2 Å². The van der Waals surface area contributed by atoms with Crippen molar-refractivity contribution in [1.82, 2.24) is 20.1 Å². The van der Waals surface area contributed by atoms with Gasteiger partial charge >= 0.3 is 0 Å². The first-order valence-corrected chi connectivity index (χ1v) is 8.94. The molecule has 0 aliphatic heterocycles. The van der Waals surface area contributed by atoms with Crippen molar-refractivity contribution in [2.75, 3.05) is 12.8 Å². The van der Waals surface area contributed by atoms with Crippen LogP contribution in [0.4, 0.5) is 5.82 Å². The molecule has 2 N–H and O–H groups in total. The smallest absolute Gasteiger partial charge is 0.213 e. The average Bonchev–Trinajstić information content (AvgIpc) is 3.22. The van der Waals surface area contributed by atoms with Gasteiger partial charge in [0.25, 0.3) is 0 Å². The number of pyridine rings is 3. The lowest BCUT2D eigenvalue weighted by Crippen LogP contribution is -1.99. The van der Waals surface area contributed by atoms with Gasteiger partial charge in [-0.3, -0.25) is 0 Å². The van der Waals surface area contributed by atoms with E-state index >= 15 is 0 Å². The van der Waals surface area contributed by atoms with Crippen LogP contribution in [0.2, 0.25) is 0 Å². The Morgan fingerprint density at radius 3 is 2.69 bits per heavy atom. The minimum absolute atomic E-state index is 0.379. The lowest BCUT2D eigenvalue weighted by molar-refractivity contribution is 0.292. The molecule has 0 aliphatic rings. The molecule has 8 nitrogen and oxygen atoms in total. The molecule has 0 atom stereocenters. The number of hydrogen-bond donors (Lipinski definition) is 1. The Bertz CT molecular complexity index is 1100. The van der Waals surface area contributed by atoms with Crippen molar-refractivity contribution in [2.24, 2.45) is 0 Å². The Labute approximate surface area is 167 Å². The molecule has 4 aromatic heterocycles. The molecule has 0 amide bonds. The SMILES string of the molecule is COc1cc(COc2ccc(Cc3cc(-c4cccnc4N)on3)cn2)ccn1. The van der Waals surface area contributed by atoms with Crippen molar-refractivity contribution >= 4 is 5.82 Å². The summed E-state index contributed by atoms with van der Waals surface area (Å²) in [5.41, 5.74) is 9.33. The Morgan fingerprint density at radius 1 is 0.966 bits per heavy atom. The molecule has 0 aliphatic carbocycles. The minimum Gasteiger partial charge on any atom is -0.481 e. The first-order chi connectivity index (χ1) is 14.2. The third kappa shape index (κ3) is 4.49. The quantitative estimate of drug-likeness (QED) is 0.513. The van der Waals surface area contributed by atoms with Crippen LogP contribution in [0, 0.1) is 0 Å². The van der Waals surface area contributed by atoms with E-state index in [4.69, 9.17) is 19.7 Å². The zero-order chi connectivity index (χ0) is 20.1. The molecule has 29 heavy (non-hydrogen) atoms. The summed E-state index contributed by atoms with van der Waals surface area (Å²) < 4.78 is 16.2. The Morgan fingerprint density at radius 2 is 1.90 bits per heavy atom. The van der Waals surface area contributed by atoms with E-state index in [1.165, 1.54) is 0 Å². The van der Waals surface area contributed by atoms with Gasteiger partial charge in [0, 0.05) is 43.2 Å². The standard InChI is InChI=1S/C21H19N5O3/c1-27-20-10-15(6-8-23-20)13-28-19-5-4-14(12-25-19)9-16-11-18(29-26-16)17-3-2-7-24-21(17)22/h2-8,10-12H,9,13H2,1H3,(H2,22,24). The Kier molecular flexibility index (Phi) is 5.33. The van der Waals surface area contributed by atoms with Gasteiger partial charge in [-0.2, -0.15) is 0 Å². The molecule has 4 rings (SSSR count). The molecular weight excluding hydrogens is 370 g/mol. The number of nitrogen functional groups attached to an aromatic ring is 1. The van der Waals surface area contributed by atoms with Crippen LogP contribution in [-0.2, 0) is 13.0 Å². The van der Waals surface area contributed by atoms with Gasteiger partial charge in [-0.05, 0) is 29.3 Å². The van der Waals surface area contributed by atoms with Crippen molar-refractivity contribution in [3.63, 3.8) is 0 Å². The summed E-state index contributed by atoms with van der Waals surface area (Å²) in [4.78, 5) is 12.5. The molecule has 4 heterocycles. The lowest BCUT2D eigenvalue weighted by Gasteiger charge is -2.07. The summed E-state index contributed by atoms with van der Waals surface area (Å²) in [7, 11) is 1.58. The van der Waals surface area contributed by atoms with E-state index in [2.05, 4.69) is 20.1 Å². The van der Waals surface area contributed by atoms with Gasteiger partial charge < -0.3 is 19.7 Å². The number of nitrogens with zero attached hydrogens (tertiary/aromatic N) is 4. The summed E-state index contributed by atoms with van der Waals surface area (Å²) in [6, 6.07) is 13.0. The first-order valence-electron chi connectivity index (χ1n) is 8.94. The van der Waals surface area contributed by atoms with E-state index in [-0.39, 0.29) is 0 Å². The number of rotatable bonds is 7. The summed E-state index contributed by atoms with van der Waals surface area (Å²) in [6.45, 7) is 0.379. The zero-order valence-corrected chi connectivity index (χ0v) is 15.8. The van der Waals surface area contributed by atoms with Gasteiger partial charge in [0.2, 0.25) is 11.8 Å². The summed E-state index contributed by atoms with van der Waals surface area (Å²) in [5, 5.41) is 4.11. The van der Waals surface area contributed by atoms with Crippen LogP contribution >= 0.6 is 0 Å². The number of hydrogen-bond acceptors (Lipinski definition) is 8. The van der Waals surface area contributed by atoms with Gasteiger partial charge in [0.05, 0.1) is 18.4 Å². The fraction of sp³-hybridized carbons (Fsp3) is 0.143. The Hall–Kier alpha value is -3.94. The monoisotopic (exact) mass is 389 g/mol. The maximum atomic E-state index is 5.88. The largest absolute Gasteiger partial charge is 0.481 e. The highest BCUT2D eigenvalue weighted by molar-refractivity contribution is 5.69. The van der Waals surface area contributed by atoms with Crippen LogP contribution in [0.5, 0.6) is 11.8 Å². The van der Waals surface area contributed by atoms with Crippen molar-refractivity contribution in [2.45, 2.75) is 13.0 Å². The second-order valence-corrected chi connectivity index (χ2v) is 6.30.